The number of fused-ring (bicyclic) bond motifs is 4. The van der Waals surface area contributed by atoms with E-state index in [4.69, 9.17) is 20.7 Å². The SMILES string of the molecule is CN1COC(=O)[C@@H]1Cc1ccc2ccccc2c1.C[C@@H](Cc1ccc2ccccc2c1)C(=O)O.C[C@@H](Cc1ccc2ccccc2c1)[C@H](O)C(F)(F)F.N[C@@H](Cc1ccc2ccccc2c1)[C@H](O)C(F)(F)F. The van der Waals surface area contributed by atoms with Crippen molar-refractivity contribution < 1.29 is 56.0 Å². The van der Waals surface area contributed by atoms with Crippen LogP contribution in [0.3, 0.4) is 0 Å². The quantitative estimate of drug-likeness (QED) is 0.0744. The highest BCUT2D eigenvalue weighted by molar-refractivity contribution is 5.85. The second-order valence-corrected chi connectivity index (χ2v) is 18.3. The number of rotatable bonds is 11. The molecule has 8 aromatic carbocycles. The highest BCUT2D eigenvalue weighted by atomic mass is 19.4. The Morgan fingerprint density at radius 1 is 0.569 bits per heavy atom. The second kappa shape index (κ2) is 24.5. The molecule has 9 rings (SSSR count). The van der Waals surface area contributed by atoms with E-state index in [1.165, 1.54) is 28.6 Å². The van der Waals surface area contributed by atoms with Gasteiger partial charge in [0, 0.05) is 6.04 Å². The maximum atomic E-state index is 12.4. The van der Waals surface area contributed by atoms with E-state index in [0.29, 0.717) is 25.1 Å². The average Bonchev–Trinajstić information content (AvgIpc) is 3.67. The number of aliphatic carboxylic acids is 1. The third kappa shape index (κ3) is 15.3. The van der Waals surface area contributed by atoms with E-state index in [0.717, 1.165) is 38.1 Å². The van der Waals surface area contributed by atoms with E-state index >= 15 is 0 Å². The van der Waals surface area contributed by atoms with Crippen LogP contribution in [0.4, 0.5) is 26.3 Å². The van der Waals surface area contributed by atoms with Gasteiger partial charge >= 0.3 is 24.3 Å². The number of aliphatic hydroxyl groups excluding tert-OH is 2. The molecule has 1 aliphatic rings. The fourth-order valence-electron chi connectivity index (χ4n) is 8.33. The number of alkyl halides is 6. The molecule has 8 nitrogen and oxygen atoms in total. The van der Waals surface area contributed by atoms with Crippen LogP contribution >= 0.6 is 0 Å². The number of ether oxygens (including phenoxy) is 1. The summed E-state index contributed by atoms with van der Waals surface area (Å²) in [5, 5.41) is 35.9. The van der Waals surface area contributed by atoms with Gasteiger partial charge in [0.25, 0.3) is 0 Å². The maximum Gasteiger partial charge on any atom is 0.415 e. The van der Waals surface area contributed by atoms with Crippen molar-refractivity contribution in [3.8, 4) is 0 Å². The second-order valence-electron chi connectivity index (χ2n) is 18.3. The molecule has 14 heteroatoms. The predicted molar refractivity (Wildman–Crippen MR) is 271 cm³/mol. The summed E-state index contributed by atoms with van der Waals surface area (Å²) in [7, 11) is 1.91. The van der Waals surface area contributed by atoms with Gasteiger partial charge in [-0.25, -0.2) is 0 Å². The number of hydrogen-bond acceptors (Lipinski definition) is 7. The highest BCUT2D eigenvalue weighted by Gasteiger charge is 2.42. The molecule has 0 amide bonds. The zero-order chi connectivity index (χ0) is 52.2. The summed E-state index contributed by atoms with van der Waals surface area (Å²) < 4.78 is 79.2. The fourth-order valence-corrected chi connectivity index (χ4v) is 8.33. The maximum absolute atomic E-state index is 12.4. The van der Waals surface area contributed by atoms with Gasteiger partial charge in [-0.1, -0.05) is 184 Å². The summed E-state index contributed by atoms with van der Waals surface area (Å²) in [6.07, 6.45) is -12.6. The molecule has 5 N–H and O–H groups in total. The van der Waals surface area contributed by atoms with Crippen molar-refractivity contribution >= 4 is 55.0 Å². The van der Waals surface area contributed by atoms with Gasteiger partial charge in [0.05, 0.1) is 5.92 Å². The third-order valence-corrected chi connectivity index (χ3v) is 12.5. The smallest absolute Gasteiger partial charge is 0.415 e. The Balaban J connectivity index is 0.000000157. The molecule has 0 aliphatic carbocycles. The van der Waals surface area contributed by atoms with Crippen molar-refractivity contribution in [2.75, 3.05) is 13.8 Å². The summed E-state index contributed by atoms with van der Waals surface area (Å²) >= 11 is 0. The van der Waals surface area contributed by atoms with E-state index in [-0.39, 0.29) is 30.8 Å². The first kappa shape index (κ1) is 54.5. The molecule has 1 aliphatic heterocycles. The predicted octanol–water partition coefficient (Wildman–Crippen LogP) is 11.9. The van der Waals surface area contributed by atoms with Crippen LogP contribution in [-0.4, -0.2) is 82.6 Å². The fraction of sp³-hybridized carbons (Fsp3) is 0.276. The number of hydrogen-bond donors (Lipinski definition) is 4. The molecule has 0 radical (unpaired) electrons. The summed E-state index contributed by atoms with van der Waals surface area (Å²) in [6, 6.07) is 53.4. The highest BCUT2D eigenvalue weighted by Crippen LogP contribution is 2.29. The standard InChI is InChI=1S/C15H15F3O.C15H15NO2.C14H14F3NO.C14H14O2/c1-10(14(19)15(16,17)18)8-11-6-7-12-4-2-3-5-13(12)9-11;1-16-10-18-15(17)14(16)9-11-6-7-12-4-2-3-5-13(12)8-11;15-14(16,17)13(19)12(18)8-9-5-6-10-3-1-2-4-11(10)7-9;1-10(14(15)16)8-11-6-7-12-4-2-3-5-13(12)9-11/h2-7,9-10,14,19H,8H2,1H3;2-8,14H,9-10H2,1H3;1-7,12-13,19H,8,18H2;2-7,9-10H,8H2,1H3,(H,15,16)/t10-,14-;14-;12-,13-;10-/m0000/s1. The first-order chi connectivity index (χ1) is 34.2. The van der Waals surface area contributed by atoms with Crippen molar-refractivity contribution in [3.05, 3.63) is 192 Å². The molecule has 1 heterocycles. The Kier molecular flexibility index (Phi) is 18.6. The Bertz CT molecular complexity index is 2970. The van der Waals surface area contributed by atoms with E-state index in [2.05, 4.69) is 42.5 Å². The molecule has 0 bridgehead atoms. The molecule has 378 valence electrons. The molecule has 1 fully saturated rings. The van der Waals surface area contributed by atoms with E-state index < -0.39 is 42.5 Å². The van der Waals surface area contributed by atoms with Crippen molar-refractivity contribution in [1.29, 1.82) is 0 Å². The summed E-state index contributed by atoms with van der Waals surface area (Å²) in [6.45, 7) is 3.54. The molecule has 8 aromatic rings. The van der Waals surface area contributed by atoms with Gasteiger partial charge in [-0.15, -0.1) is 0 Å². The molecular formula is C58H58F6N2O6. The number of carboxylic acid groups (broad SMARTS) is 1. The normalized spacial score (nSPS) is 16.0. The zero-order valence-electron chi connectivity index (χ0n) is 40.0. The number of carbonyl (C=O) groups is 2. The Morgan fingerprint density at radius 3 is 1.28 bits per heavy atom. The van der Waals surface area contributed by atoms with Crippen LogP contribution in [0.2, 0.25) is 0 Å². The third-order valence-electron chi connectivity index (χ3n) is 12.5. The number of likely N-dealkylation sites (N-methyl/N-ethyl adjacent to an activating group) is 1. The summed E-state index contributed by atoms with van der Waals surface area (Å²) in [5.41, 5.74) is 9.13. The lowest BCUT2D eigenvalue weighted by molar-refractivity contribution is -0.217. The van der Waals surface area contributed by atoms with Gasteiger partial charge in [-0.05, 0) is 104 Å². The average molecular weight is 993 g/mol. The molecule has 6 atom stereocenters. The van der Waals surface area contributed by atoms with Crippen LogP contribution in [-0.2, 0) is 40.0 Å². The zero-order valence-corrected chi connectivity index (χ0v) is 40.0. The molecule has 0 unspecified atom stereocenters. The number of nitrogens with two attached hydrogens (primary N) is 1. The van der Waals surface area contributed by atoms with Gasteiger partial charge in [-0.3, -0.25) is 14.5 Å². The monoisotopic (exact) mass is 992 g/mol. The first-order valence-electron chi connectivity index (χ1n) is 23.4. The number of benzene rings is 8. The van der Waals surface area contributed by atoms with Crippen molar-refractivity contribution in [3.63, 3.8) is 0 Å². The minimum absolute atomic E-state index is 0.0223. The van der Waals surface area contributed by atoms with Crippen LogP contribution in [0.5, 0.6) is 0 Å². The Labute approximate surface area is 414 Å². The summed E-state index contributed by atoms with van der Waals surface area (Å²) in [4.78, 5) is 24.3. The lowest BCUT2D eigenvalue weighted by atomic mass is 9.94. The van der Waals surface area contributed by atoms with E-state index in [1.54, 1.807) is 19.1 Å². The van der Waals surface area contributed by atoms with E-state index in [1.807, 2.05) is 127 Å². The number of carboxylic acids is 1. The van der Waals surface area contributed by atoms with Crippen LogP contribution < -0.4 is 5.73 Å². The van der Waals surface area contributed by atoms with Crippen LogP contribution in [0.1, 0.15) is 36.1 Å². The molecular weight excluding hydrogens is 935 g/mol. The Hall–Kier alpha value is -6.84. The number of carbonyl (C=O) groups excluding carboxylic acids is 1. The van der Waals surface area contributed by atoms with Crippen molar-refractivity contribution in [2.24, 2.45) is 17.6 Å². The molecule has 1 saturated heterocycles. The molecule has 0 saturated carbocycles. The van der Waals surface area contributed by atoms with E-state index in [9.17, 15) is 41.0 Å². The van der Waals surface area contributed by atoms with Gasteiger partial charge in [0.2, 0.25) is 0 Å². The topological polar surface area (TPSA) is 133 Å². The lowest BCUT2D eigenvalue weighted by Gasteiger charge is -2.21. The number of cyclic esters (lactones) is 1. The van der Waals surface area contributed by atoms with Gasteiger partial charge < -0.3 is 25.8 Å². The van der Waals surface area contributed by atoms with Crippen LogP contribution in [0, 0.1) is 11.8 Å². The van der Waals surface area contributed by atoms with Crippen molar-refractivity contribution in [1.82, 2.24) is 4.90 Å². The number of aliphatic hydroxyl groups is 2. The van der Waals surface area contributed by atoms with Gasteiger partial charge in [0.15, 0.2) is 12.2 Å². The van der Waals surface area contributed by atoms with Crippen molar-refractivity contribution in [2.45, 2.75) is 76.2 Å². The first-order valence-corrected chi connectivity index (χ1v) is 23.4. The minimum atomic E-state index is -4.68. The number of esters is 1. The number of halogens is 6. The summed E-state index contributed by atoms with van der Waals surface area (Å²) in [5.74, 6) is -2.05. The largest absolute Gasteiger partial charge is 0.481 e. The lowest BCUT2D eigenvalue weighted by Crippen LogP contribution is -2.46. The molecule has 0 aromatic heterocycles. The van der Waals surface area contributed by atoms with Gasteiger partial charge in [0.1, 0.15) is 12.8 Å². The Morgan fingerprint density at radius 2 is 0.917 bits per heavy atom. The molecule has 0 spiro atoms. The van der Waals surface area contributed by atoms with Gasteiger partial charge in [-0.2, -0.15) is 26.3 Å². The van der Waals surface area contributed by atoms with Crippen LogP contribution in [0.25, 0.3) is 43.1 Å². The minimum Gasteiger partial charge on any atom is -0.481 e. The van der Waals surface area contributed by atoms with Crippen LogP contribution in [0.15, 0.2) is 170 Å². The molecule has 72 heavy (non-hydrogen) atoms. The number of nitrogens with zero attached hydrogens (tertiary/aromatic N) is 1.